The fourth-order valence-corrected chi connectivity index (χ4v) is 2.51. The van der Waals surface area contributed by atoms with Crippen LogP contribution in [0.4, 0.5) is 0 Å². The van der Waals surface area contributed by atoms with Crippen LogP contribution >= 0.6 is 0 Å². The zero-order valence-electron chi connectivity index (χ0n) is 15.7. The largest absolute Gasteiger partial charge is 0.493 e. The van der Waals surface area contributed by atoms with E-state index in [2.05, 4.69) is 18.8 Å². The van der Waals surface area contributed by atoms with E-state index in [1.165, 1.54) is 7.11 Å². The van der Waals surface area contributed by atoms with Gasteiger partial charge in [-0.15, -0.1) is 0 Å². The van der Waals surface area contributed by atoms with E-state index in [4.69, 9.17) is 18.6 Å². The van der Waals surface area contributed by atoms with Crippen LogP contribution in [0.25, 0.3) is 11.1 Å². The number of aromatic nitrogens is 1. The number of para-hydroxylation sites is 2. The zero-order valence-corrected chi connectivity index (χ0v) is 15.7. The normalized spacial score (nSPS) is 11.0. The lowest BCUT2D eigenvalue weighted by Gasteiger charge is -2.12. The molecule has 142 valence electrons. The van der Waals surface area contributed by atoms with Gasteiger partial charge in [0.25, 0.3) is 0 Å². The molecule has 0 atom stereocenters. The number of carbonyl (C=O) groups is 1. The van der Waals surface area contributed by atoms with Crippen molar-refractivity contribution in [3.8, 4) is 11.5 Å². The minimum absolute atomic E-state index is 0.0392. The molecule has 0 aliphatic rings. The van der Waals surface area contributed by atoms with Gasteiger partial charge in [-0.2, -0.15) is 0 Å². The van der Waals surface area contributed by atoms with Crippen molar-refractivity contribution < 1.29 is 23.4 Å². The van der Waals surface area contributed by atoms with Gasteiger partial charge in [-0.3, -0.25) is 0 Å². The number of rotatable bonds is 8. The van der Waals surface area contributed by atoms with E-state index >= 15 is 0 Å². The number of ether oxygens (including phenoxy) is 3. The van der Waals surface area contributed by atoms with Crippen molar-refractivity contribution in [2.45, 2.75) is 26.9 Å². The van der Waals surface area contributed by atoms with Crippen molar-refractivity contribution in [2.75, 3.05) is 13.7 Å². The second-order valence-corrected chi connectivity index (χ2v) is 6.55. The number of benzene rings is 2. The molecule has 0 saturated heterocycles. The van der Waals surface area contributed by atoms with Crippen molar-refractivity contribution in [2.24, 2.45) is 5.92 Å². The number of carbonyl (C=O) groups excluding carboxylic acids is 1. The van der Waals surface area contributed by atoms with E-state index in [9.17, 15) is 4.79 Å². The highest BCUT2D eigenvalue weighted by molar-refractivity contribution is 5.90. The smallest absolute Gasteiger partial charge is 0.338 e. The van der Waals surface area contributed by atoms with Gasteiger partial charge in [-0.1, -0.05) is 26.0 Å². The molecule has 27 heavy (non-hydrogen) atoms. The number of hydrogen-bond acceptors (Lipinski definition) is 6. The number of esters is 1. The highest BCUT2D eigenvalue weighted by Gasteiger charge is 2.14. The second-order valence-electron chi connectivity index (χ2n) is 6.55. The Morgan fingerprint density at radius 2 is 1.96 bits per heavy atom. The minimum atomic E-state index is -0.482. The number of methoxy groups -OCH3 is 1. The Bertz CT molecular complexity index is 883. The highest BCUT2D eigenvalue weighted by Crippen LogP contribution is 2.29. The van der Waals surface area contributed by atoms with Crippen LogP contribution in [0.5, 0.6) is 11.5 Å². The van der Waals surface area contributed by atoms with Gasteiger partial charge in [0, 0.05) is 0 Å². The third kappa shape index (κ3) is 4.78. The van der Waals surface area contributed by atoms with E-state index in [1.807, 2.05) is 24.3 Å². The number of nitrogens with zero attached hydrogens (tertiary/aromatic N) is 1. The van der Waals surface area contributed by atoms with Gasteiger partial charge in [0.05, 0.1) is 19.3 Å². The van der Waals surface area contributed by atoms with E-state index in [-0.39, 0.29) is 6.61 Å². The molecule has 0 N–H and O–H groups in total. The Morgan fingerprint density at radius 1 is 1.15 bits per heavy atom. The number of hydrogen-bond donors (Lipinski definition) is 0. The molecule has 0 aliphatic carbocycles. The van der Waals surface area contributed by atoms with E-state index < -0.39 is 5.97 Å². The Morgan fingerprint density at radius 3 is 2.70 bits per heavy atom. The molecule has 0 fully saturated rings. The molecule has 2 aromatic carbocycles. The van der Waals surface area contributed by atoms with Gasteiger partial charge >= 0.3 is 5.97 Å². The van der Waals surface area contributed by atoms with E-state index in [1.54, 1.807) is 18.2 Å². The summed E-state index contributed by atoms with van der Waals surface area (Å²) in [4.78, 5) is 16.6. The minimum Gasteiger partial charge on any atom is -0.493 e. The fourth-order valence-electron chi connectivity index (χ4n) is 2.51. The average Bonchev–Trinajstić information content (AvgIpc) is 3.09. The first-order valence-corrected chi connectivity index (χ1v) is 8.89. The summed E-state index contributed by atoms with van der Waals surface area (Å²) in [5, 5.41) is 0. The fraction of sp³-hybridized carbons (Fsp3) is 0.333. The van der Waals surface area contributed by atoms with Crippen LogP contribution in [0.3, 0.4) is 0 Å². The Kier molecular flexibility index (Phi) is 5.96. The SMILES string of the molecule is COc1cc(C(=O)OCc2nc3ccccc3o2)ccc1OCCC(C)C. The molecule has 0 amide bonds. The molecule has 0 saturated carbocycles. The zero-order chi connectivity index (χ0) is 19.2. The Balaban J connectivity index is 1.63. The third-order valence-corrected chi connectivity index (χ3v) is 4.02. The molecule has 0 unspecified atom stereocenters. The van der Waals surface area contributed by atoms with Crippen LogP contribution in [-0.4, -0.2) is 24.7 Å². The first-order valence-electron chi connectivity index (χ1n) is 8.89. The maximum atomic E-state index is 12.3. The molecule has 0 bridgehead atoms. The summed E-state index contributed by atoms with van der Waals surface area (Å²) in [6, 6.07) is 12.4. The van der Waals surface area contributed by atoms with Crippen LogP contribution in [0.15, 0.2) is 46.9 Å². The standard InChI is InChI=1S/C21H23NO5/c1-14(2)10-11-25-18-9-8-15(12-19(18)24-3)21(23)26-13-20-22-16-6-4-5-7-17(16)27-20/h4-9,12,14H,10-11,13H2,1-3H3. The number of fused-ring (bicyclic) bond motifs is 1. The lowest BCUT2D eigenvalue weighted by molar-refractivity contribution is 0.0440. The summed E-state index contributed by atoms with van der Waals surface area (Å²) < 4.78 is 21.9. The van der Waals surface area contributed by atoms with Crippen LogP contribution < -0.4 is 9.47 Å². The lowest BCUT2D eigenvalue weighted by atomic mass is 10.1. The van der Waals surface area contributed by atoms with Crippen LogP contribution in [0.2, 0.25) is 0 Å². The maximum absolute atomic E-state index is 12.3. The van der Waals surface area contributed by atoms with Gasteiger partial charge in [0.1, 0.15) is 5.52 Å². The molecule has 6 heteroatoms. The van der Waals surface area contributed by atoms with Crippen molar-refractivity contribution in [3.05, 3.63) is 53.9 Å². The van der Waals surface area contributed by atoms with Gasteiger partial charge in [0.2, 0.25) is 5.89 Å². The summed E-state index contributed by atoms with van der Waals surface area (Å²) in [6.07, 6.45) is 0.942. The topological polar surface area (TPSA) is 70.8 Å². The predicted molar refractivity (Wildman–Crippen MR) is 101 cm³/mol. The summed E-state index contributed by atoms with van der Waals surface area (Å²) in [6.45, 7) is 4.82. The van der Waals surface area contributed by atoms with Crippen LogP contribution in [0, 0.1) is 5.92 Å². The van der Waals surface area contributed by atoms with Gasteiger partial charge in [-0.05, 0) is 42.7 Å². The predicted octanol–water partition coefficient (Wildman–Crippen LogP) is 4.62. The molecule has 1 aromatic heterocycles. The molecule has 0 aliphatic heterocycles. The molecular weight excluding hydrogens is 346 g/mol. The third-order valence-electron chi connectivity index (χ3n) is 4.02. The van der Waals surface area contributed by atoms with Crippen molar-refractivity contribution >= 4 is 17.1 Å². The molecule has 3 rings (SSSR count). The maximum Gasteiger partial charge on any atom is 0.338 e. The summed E-state index contributed by atoms with van der Waals surface area (Å²) in [5.41, 5.74) is 1.76. The molecule has 0 spiro atoms. The van der Waals surface area contributed by atoms with Crippen LogP contribution in [0.1, 0.15) is 36.5 Å². The summed E-state index contributed by atoms with van der Waals surface area (Å²) >= 11 is 0. The van der Waals surface area contributed by atoms with Crippen molar-refractivity contribution in [1.29, 1.82) is 0 Å². The quantitative estimate of drug-likeness (QED) is 0.540. The Hall–Kier alpha value is -3.02. The van der Waals surface area contributed by atoms with Gasteiger partial charge < -0.3 is 18.6 Å². The van der Waals surface area contributed by atoms with Crippen LogP contribution in [-0.2, 0) is 11.3 Å². The first kappa shape index (κ1) is 18.8. The van der Waals surface area contributed by atoms with Crippen molar-refractivity contribution in [1.82, 2.24) is 4.98 Å². The molecule has 3 aromatic rings. The van der Waals surface area contributed by atoms with Gasteiger partial charge in [0.15, 0.2) is 23.7 Å². The molecule has 6 nitrogen and oxygen atoms in total. The van der Waals surface area contributed by atoms with Crippen molar-refractivity contribution in [3.63, 3.8) is 0 Å². The summed E-state index contributed by atoms with van der Waals surface area (Å²) in [5.74, 6) is 1.52. The molecular formula is C21H23NO5. The van der Waals surface area contributed by atoms with E-state index in [0.717, 1.165) is 11.9 Å². The first-order chi connectivity index (χ1) is 13.1. The molecule has 1 heterocycles. The Labute approximate surface area is 158 Å². The summed E-state index contributed by atoms with van der Waals surface area (Å²) in [7, 11) is 1.54. The monoisotopic (exact) mass is 369 g/mol. The second kappa shape index (κ2) is 8.58. The number of oxazole rings is 1. The van der Waals surface area contributed by atoms with Gasteiger partial charge in [-0.25, -0.2) is 9.78 Å². The van der Waals surface area contributed by atoms with E-state index in [0.29, 0.717) is 41.1 Å². The average molecular weight is 369 g/mol. The lowest BCUT2D eigenvalue weighted by Crippen LogP contribution is -2.07. The highest BCUT2D eigenvalue weighted by atomic mass is 16.5. The molecule has 0 radical (unpaired) electrons.